The van der Waals surface area contributed by atoms with Crippen molar-refractivity contribution >= 4 is 22.9 Å². The molecule has 2 rings (SSSR count). The number of oxazole rings is 1. The second-order valence-electron chi connectivity index (χ2n) is 3.78. The lowest BCUT2D eigenvalue weighted by Gasteiger charge is -2.01. The summed E-state index contributed by atoms with van der Waals surface area (Å²) < 4.78 is 46.3. The van der Waals surface area contributed by atoms with E-state index in [0.29, 0.717) is 27.8 Å². The zero-order chi connectivity index (χ0) is 14.4. The first-order chi connectivity index (χ1) is 9.69. The number of fused-ring (bicyclic) bond motifs is 1. The van der Waals surface area contributed by atoms with Crippen molar-refractivity contribution in [2.75, 3.05) is 19.0 Å². The molecule has 108 valence electrons. The minimum atomic E-state index is -1.68. The summed E-state index contributed by atoms with van der Waals surface area (Å²) in [6.07, 6.45) is -0.576. The van der Waals surface area contributed by atoms with Crippen LogP contribution in [-0.4, -0.2) is 24.0 Å². The summed E-state index contributed by atoms with van der Waals surface area (Å²) in [7, 11) is 0. The predicted octanol–water partition coefficient (Wildman–Crippen LogP) is 4.44. The van der Waals surface area contributed by atoms with Crippen LogP contribution in [0.2, 0.25) is 0 Å². The maximum absolute atomic E-state index is 12.0. The zero-order valence-electron chi connectivity index (χ0n) is 10.4. The van der Waals surface area contributed by atoms with Crippen LogP contribution in [0.15, 0.2) is 40.0 Å². The van der Waals surface area contributed by atoms with Gasteiger partial charge in [0.05, 0.1) is 0 Å². The van der Waals surface area contributed by atoms with Gasteiger partial charge in [-0.05, 0) is 24.6 Å². The third-order valence-corrected chi connectivity index (χ3v) is 3.19. The highest BCUT2D eigenvalue weighted by Gasteiger charge is 2.07. The highest BCUT2D eigenvalue weighted by Crippen LogP contribution is 2.27. The van der Waals surface area contributed by atoms with Crippen LogP contribution in [0.1, 0.15) is 6.42 Å². The van der Waals surface area contributed by atoms with E-state index in [4.69, 9.17) is 9.15 Å². The van der Waals surface area contributed by atoms with Gasteiger partial charge >= 0.3 is 0 Å². The molecule has 1 aromatic heterocycles. The fourth-order valence-electron chi connectivity index (χ4n) is 1.51. The van der Waals surface area contributed by atoms with E-state index in [9.17, 15) is 13.2 Å². The van der Waals surface area contributed by atoms with Gasteiger partial charge in [-0.2, -0.15) is 8.78 Å². The Kier molecular flexibility index (Phi) is 5.34. The maximum atomic E-state index is 12.0. The highest BCUT2D eigenvalue weighted by atomic mass is 32.2. The number of hydrogen-bond donors (Lipinski definition) is 0. The van der Waals surface area contributed by atoms with E-state index in [1.54, 1.807) is 18.2 Å². The average Bonchev–Trinajstić information content (AvgIpc) is 2.83. The number of ether oxygens (including phenoxy) is 1. The largest absolute Gasteiger partial charge is 0.491 e. The summed E-state index contributed by atoms with van der Waals surface area (Å²) >= 11 is 1.26. The van der Waals surface area contributed by atoms with Gasteiger partial charge in [0.2, 0.25) is 0 Å². The van der Waals surface area contributed by atoms with Crippen molar-refractivity contribution in [3.63, 3.8) is 0 Å². The van der Waals surface area contributed by atoms with Crippen LogP contribution >= 0.6 is 11.8 Å². The Hall–Kier alpha value is -1.63. The summed E-state index contributed by atoms with van der Waals surface area (Å²) in [5, 5.41) is 0.412. The van der Waals surface area contributed by atoms with E-state index in [-0.39, 0.29) is 13.0 Å². The fourth-order valence-corrected chi connectivity index (χ4v) is 2.23. The minimum Gasteiger partial charge on any atom is -0.491 e. The molecule has 0 aliphatic rings. The van der Waals surface area contributed by atoms with E-state index in [0.717, 1.165) is 6.08 Å². The van der Waals surface area contributed by atoms with Crippen LogP contribution in [0, 0.1) is 0 Å². The average molecular weight is 303 g/mol. The second kappa shape index (κ2) is 7.23. The standard InChI is InChI=1S/C13H12F3NO2S/c14-5-6-18-9-3-4-10-11(8-9)19-13(17-10)20-7-1-2-12(15)16/h2-4,8H,1,5-7H2. The zero-order valence-corrected chi connectivity index (χ0v) is 11.3. The molecular formula is C13H12F3NO2S. The minimum absolute atomic E-state index is 0.0115. The molecule has 0 saturated heterocycles. The number of rotatable bonds is 7. The Morgan fingerprint density at radius 2 is 2.25 bits per heavy atom. The molecule has 0 aliphatic heterocycles. The Labute approximate surface area is 117 Å². The van der Waals surface area contributed by atoms with Crippen LogP contribution < -0.4 is 4.74 Å². The predicted molar refractivity (Wildman–Crippen MR) is 71.1 cm³/mol. The van der Waals surface area contributed by atoms with Crippen molar-refractivity contribution in [1.82, 2.24) is 4.98 Å². The van der Waals surface area contributed by atoms with Crippen molar-refractivity contribution in [2.24, 2.45) is 0 Å². The molecule has 7 heteroatoms. The molecular weight excluding hydrogens is 291 g/mol. The smallest absolute Gasteiger partial charge is 0.266 e. The van der Waals surface area contributed by atoms with Crippen LogP contribution in [0.4, 0.5) is 13.2 Å². The number of thioether (sulfide) groups is 1. The van der Waals surface area contributed by atoms with Crippen molar-refractivity contribution in [3.05, 3.63) is 30.4 Å². The van der Waals surface area contributed by atoms with Crippen molar-refractivity contribution in [2.45, 2.75) is 11.6 Å². The SMILES string of the molecule is FCCOc1ccc2nc(SCCC=C(F)F)oc2c1. The number of alkyl halides is 1. The molecule has 1 aromatic carbocycles. The molecule has 0 atom stereocenters. The quantitative estimate of drug-likeness (QED) is 0.559. The van der Waals surface area contributed by atoms with E-state index in [1.807, 2.05) is 0 Å². The van der Waals surface area contributed by atoms with Gasteiger partial charge in [0, 0.05) is 11.8 Å². The summed E-state index contributed by atoms with van der Waals surface area (Å²) in [5.41, 5.74) is 1.17. The number of allylic oxidation sites excluding steroid dienone is 1. The van der Waals surface area contributed by atoms with Gasteiger partial charge in [-0.15, -0.1) is 0 Å². The van der Waals surface area contributed by atoms with E-state index in [1.165, 1.54) is 11.8 Å². The van der Waals surface area contributed by atoms with Crippen molar-refractivity contribution in [3.8, 4) is 5.75 Å². The molecule has 1 heterocycles. The number of hydrogen-bond acceptors (Lipinski definition) is 4. The molecule has 0 saturated carbocycles. The van der Waals surface area contributed by atoms with Gasteiger partial charge in [-0.1, -0.05) is 11.8 Å². The molecule has 0 fully saturated rings. The molecule has 0 N–H and O–H groups in total. The molecule has 20 heavy (non-hydrogen) atoms. The number of benzene rings is 1. The van der Waals surface area contributed by atoms with Crippen molar-refractivity contribution in [1.29, 1.82) is 0 Å². The number of nitrogens with zero attached hydrogens (tertiary/aromatic N) is 1. The molecule has 0 bridgehead atoms. The molecule has 3 nitrogen and oxygen atoms in total. The fraction of sp³-hybridized carbons (Fsp3) is 0.308. The Morgan fingerprint density at radius 3 is 3.00 bits per heavy atom. The molecule has 0 unspecified atom stereocenters. The third kappa shape index (κ3) is 4.19. The normalized spacial score (nSPS) is 10.8. The van der Waals surface area contributed by atoms with E-state index < -0.39 is 12.8 Å². The monoisotopic (exact) mass is 303 g/mol. The molecule has 0 spiro atoms. The van der Waals surface area contributed by atoms with Crippen molar-refractivity contribution < 1.29 is 22.3 Å². The van der Waals surface area contributed by atoms with Gasteiger partial charge in [0.25, 0.3) is 11.3 Å². The first kappa shape index (κ1) is 14.8. The lowest BCUT2D eigenvalue weighted by molar-refractivity contribution is 0.273. The van der Waals surface area contributed by atoms with Crippen LogP contribution in [0.5, 0.6) is 5.75 Å². The van der Waals surface area contributed by atoms with Gasteiger partial charge in [-0.3, -0.25) is 0 Å². The van der Waals surface area contributed by atoms with Crippen LogP contribution in [-0.2, 0) is 0 Å². The summed E-state index contributed by atoms with van der Waals surface area (Å²) in [6, 6.07) is 5.01. The van der Waals surface area contributed by atoms with E-state index >= 15 is 0 Å². The van der Waals surface area contributed by atoms with Gasteiger partial charge in [-0.25, -0.2) is 9.37 Å². The number of aromatic nitrogens is 1. The first-order valence-corrected chi connectivity index (χ1v) is 6.91. The van der Waals surface area contributed by atoms with Crippen LogP contribution in [0.25, 0.3) is 11.1 Å². The highest BCUT2D eigenvalue weighted by molar-refractivity contribution is 7.99. The van der Waals surface area contributed by atoms with Gasteiger partial charge in [0.15, 0.2) is 5.58 Å². The second-order valence-corrected chi connectivity index (χ2v) is 4.82. The lowest BCUT2D eigenvalue weighted by Crippen LogP contribution is -1.97. The Bertz CT molecular complexity index is 596. The lowest BCUT2D eigenvalue weighted by atomic mass is 10.3. The summed E-state index contributed by atoms with van der Waals surface area (Å²) in [6.45, 7) is -0.573. The number of halogens is 3. The Balaban J connectivity index is 1.99. The Morgan fingerprint density at radius 1 is 1.40 bits per heavy atom. The maximum Gasteiger partial charge on any atom is 0.266 e. The van der Waals surface area contributed by atoms with Crippen LogP contribution in [0.3, 0.4) is 0 Å². The molecule has 0 radical (unpaired) electrons. The topological polar surface area (TPSA) is 35.3 Å². The summed E-state index contributed by atoms with van der Waals surface area (Å²) in [4.78, 5) is 4.21. The third-order valence-electron chi connectivity index (χ3n) is 2.33. The van der Waals surface area contributed by atoms with E-state index in [2.05, 4.69) is 4.98 Å². The first-order valence-electron chi connectivity index (χ1n) is 5.92. The van der Waals surface area contributed by atoms with Gasteiger partial charge < -0.3 is 9.15 Å². The molecule has 0 amide bonds. The summed E-state index contributed by atoms with van der Waals surface area (Å²) in [5.74, 6) is 0.959. The molecule has 0 aliphatic carbocycles. The van der Waals surface area contributed by atoms with Gasteiger partial charge in [0.1, 0.15) is 24.5 Å². The molecule has 2 aromatic rings.